The second-order valence-corrected chi connectivity index (χ2v) is 4.43. The van der Waals surface area contributed by atoms with Crippen molar-refractivity contribution in [2.24, 2.45) is 5.92 Å². The molecule has 2 aromatic rings. The molecule has 1 fully saturated rings. The molecule has 4 heteroatoms. The lowest BCUT2D eigenvalue weighted by molar-refractivity contribution is 0.0921. The number of hydrogen-bond acceptors (Lipinski definition) is 2. The maximum Gasteiger partial charge on any atom is 0.137 e. The summed E-state index contributed by atoms with van der Waals surface area (Å²) < 4.78 is 7.73. The third kappa shape index (κ3) is 1.60. The zero-order chi connectivity index (χ0) is 11.0. The van der Waals surface area contributed by atoms with Crippen LogP contribution < -0.4 is 0 Å². The van der Waals surface area contributed by atoms with E-state index in [0.29, 0.717) is 11.8 Å². The van der Waals surface area contributed by atoms with Crippen LogP contribution in [0.1, 0.15) is 18.2 Å². The smallest absolute Gasteiger partial charge is 0.137 e. The average molecular weight is 237 g/mol. The van der Waals surface area contributed by atoms with E-state index in [1.807, 2.05) is 35.0 Å². The third-order valence-electron chi connectivity index (χ3n) is 3.09. The fourth-order valence-electron chi connectivity index (χ4n) is 2.21. The van der Waals surface area contributed by atoms with Gasteiger partial charge in [-0.05, 0) is 18.6 Å². The highest BCUT2D eigenvalue weighted by atomic mass is 35.5. The Balaban J connectivity index is 1.99. The highest BCUT2D eigenvalue weighted by Gasteiger charge is 2.30. The van der Waals surface area contributed by atoms with Gasteiger partial charge >= 0.3 is 0 Å². The van der Waals surface area contributed by atoms with E-state index in [4.69, 9.17) is 16.3 Å². The summed E-state index contributed by atoms with van der Waals surface area (Å²) in [7, 11) is 0. The number of ether oxygens (including phenoxy) is 1. The van der Waals surface area contributed by atoms with Gasteiger partial charge in [-0.2, -0.15) is 0 Å². The van der Waals surface area contributed by atoms with Gasteiger partial charge in [0.1, 0.15) is 11.8 Å². The van der Waals surface area contributed by atoms with Gasteiger partial charge in [-0.3, -0.25) is 0 Å². The van der Waals surface area contributed by atoms with Gasteiger partial charge in [0.05, 0.1) is 5.69 Å². The molecule has 1 saturated heterocycles. The molecule has 0 aliphatic carbocycles. The van der Waals surface area contributed by atoms with Crippen LogP contribution >= 0.6 is 11.6 Å². The van der Waals surface area contributed by atoms with E-state index in [1.54, 1.807) is 0 Å². The van der Waals surface area contributed by atoms with Crippen molar-refractivity contribution in [1.29, 1.82) is 0 Å². The number of pyridine rings is 1. The molecule has 2 atom stereocenters. The van der Waals surface area contributed by atoms with E-state index in [1.165, 1.54) is 0 Å². The summed E-state index contributed by atoms with van der Waals surface area (Å²) in [6.07, 6.45) is 5.13. The maximum absolute atomic E-state index is 5.94. The first-order valence-electron chi connectivity index (χ1n) is 5.49. The molecule has 0 radical (unpaired) electrons. The summed E-state index contributed by atoms with van der Waals surface area (Å²) in [5.41, 5.74) is 1.95. The zero-order valence-corrected chi connectivity index (χ0v) is 9.60. The SMILES string of the molecule is ClCC1CCOC1c1cn2ccccc2n1. The van der Waals surface area contributed by atoms with Crippen LogP contribution in [0.3, 0.4) is 0 Å². The second-order valence-electron chi connectivity index (χ2n) is 4.13. The lowest BCUT2D eigenvalue weighted by Crippen LogP contribution is -2.09. The van der Waals surface area contributed by atoms with Crippen LogP contribution in [0, 0.1) is 5.92 Å². The Morgan fingerprint density at radius 3 is 3.25 bits per heavy atom. The molecule has 3 heterocycles. The van der Waals surface area contributed by atoms with E-state index >= 15 is 0 Å². The van der Waals surface area contributed by atoms with Crippen LogP contribution in [0.5, 0.6) is 0 Å². The van der Waals surface area contributed by atoms with Crippen molar-refractivity contribution in [2.75, 3.05) is 12.5 Å². The number of halogens is 1. The number of imidazole rings is 1. The van der Waals surface area contributed by atoms with Crippen molar-refractivity contribution in [3.63, 3.8) is 0 Å². The normalized spacial score (nSPS) is 25.3. The van der Waals surface area contributed by atoms with Crippen LogP contribution in [-0.4, -0.2) is 21.9 Å². The molecule has 0 aromatic carbocycles. The number of aromatic nitrogens is 2. The fourth-order valence-corrected chi connectivity index (χ4v) is 2.53. The molecule has 0 spiro atoms. The van der Waals surface area contributed by atoms with Crippen molar-refractivity contribution >= 4 is 17.2 Å². The summed E-state index contributed by atoms with van der Waals surface area (Å²) in [5, 5.41) is 0. The van der Waals surface area contributed by atoms with Gasteiger partial charge in [-0.25, -0.2) is 4.98 Å². The average Bonchev–Trinajstić information content (AvgIpc) is 2.94. The third-order valence-corrected chi connectivity index (χ3v) is 3.48. The van der Waals surface area contributed by atoms with Gasteiger partial charge in [-0.1, -0.05) is 6.07 Å². The van der Waals surface area contributed by atoms with Gasteiger partial charge in [0.25, 0.3) is 0 Å². The second kappa shape index (κ2) is 4.07. The molecule has 1 aliphatic heterocycles. The highest BCUT2D eigenvalue weighted by molar-refractivity contribution is 6.18. The molecule has 2 aromatic heterocycles. The first-order valence-corrected chi connectivity index (χ1v) is 6.03. The Bertz CT molecular complexity index is 463. The standard InChI is InChI=1S/C12H13ClN2O/c13-7-9-4-6-16-12(9)10-8-15-5-2-1-3-11(15)14-10/h1-3,5,8-9,12H,4,6-7H2. The summed E-state index contributed by atoms with van der Waals surface area (Å²) in [5.74, 6) is 1.03. The van der Waals surface area contributed by atoms with E-state index in [9.17, 15) is 0 Å². The van der Waals surface area contributed by atoms with Crippen LogP contribution in [0.25, 0.3) is 5.65 Å². The van der Waals surface area contributed by atoms with Crippen LogP contribution in [0.15, 0.2) is 30.6 Å². The van der Waals surface area contributed by atoms with Crippen molar-refractivity contribution in [3.8, 4) is 0 Å². The summed E-state index contributed by atoms with van der Waals surface area (Å²) >= 11 is 5.94. The largest absolute Gasteiger partial charge is 0.372 e. The van der Waals surface area contributed by atoms with Crippen molar-refractivity contribution in [3.05, 3.63) is 36.3 Å². The molecule has 0 bridgehead atoms. The van der Waals surface area contributed by atoms with Gasteiger partial charge in [0, 0.05) is 30.8 Å². The van der Waals surface area contributed by atoms with E-state index < -0.39 is 0 Å². The predicted molar refractivity (Wildman–Crippen MR) is 62.7 cm³/mol. The number of rotatable bonds is 2. The number of hydrogen-bond donors (Lipinski definition) is 0. The molecule has 2 unspecified atom stereocenters. The van der Waals surface area contributed by atoms with Crippen LogP contribution in [-0.2, 0) is 4.74 Å². The van der Waals surface area contributed by atoms with Gasteiger partial charge in [0.2, 0.25) is 0 Å². The van der Waals surface area contributed by atoms with Crippen molar-refractivity contribution in [2.45, 2.75) is 12.5 Å². The van der Waals surface area contributed by atoms with Crippen LogP contribution in [0.4, 0.5) is 0 Å². The zero-order valence-electron chi connectivity index (χ0n) is 8.84. The van der Waals surface area contributed by atoms with Gasteiger partial charge in [0.15, 0.2) is 0 Å². The number of alkyl halides is 1. The lowest BCUT2D eigenvalue weighted by Gasteiger charge is -2.12. The summed E-state index contributed by atoms with van der Waals surface area (Å²) in [6.45, 7) is 0.788. The quantitative estimate of drug-likeness (QED) is 0.750. The minimum absolute atomic E-state index is 0.0670. The monoisotopic (exact) mass is 236 g/mol. The van der Waals surface area contributed by atoms with E-state index in [0.717, 1.165) is 24.4 Å². The molecule has 0 saturated carbocycles. The Labute approximate surface area is 99.0 Å². The molecule has 16 heavy (non-hydrogen) atoms. The molecule has 0 amide bonds. The molecule has 3 rings (SSSR count). The Morgan fingerprint density at radius 1 is 1.50 bits per heavy atom. The number of nitrogens with zero attached hydrogens (tertiary/aromatic N) is 2. The first kappa shape index (κ1) is 10.1. The summed E-state index contributed by atoms with van der Waals surface area (Å²) in [6, 6.07) is 5.97. The molecule has 3 nitrogen and oxygen atoms in total. The van der Waals surface area contributed by atoms with Crippen molar-refractivity contribution < 1.29 is 4.74 Å². The molecular formula is C12H13ClN2O. The van der Waals surface area contributed by atoms with Gasteiger partial charge in [-0.15, -0.1) is 11.6 Å². The van der Waals surface area contributed by atoms with E-state index in [2.05, 4.69) is 4.98 Å². The van der Waals surface area contributed by atoms with Crippen LogP contribution in [0.2, 0.25) is 0 Å². The molecule has 84 valence electrons. The van der Waals surface area contributed by atoms with E-state index in [-0.39, 0.29) is 6.10 Å². The number of fused-ring (bicyclic) bond motifs is 1. The predicted octanol–water partition coefficient (Wildman–Crippen LogP) is 2.65. The highest BCUT2D eigenvalue weighted by Crippen LogP contribution is 2.34. The molecule has 0 N–H and O–H groups in total. The molecule has 1 aliphatic rings. The lowest BCUT2D eigenvalue weighted by atomic mass is 10.0. The maximum atomic E-state index is 5.94. The minimum atomic E-state index is 0.0670. The Hall–Kier alpha value is -1.06. The Kier molecular flexibility index (Phi) is 2.58. The topological polar surface area (TPSA) is 26.5 Å². The van der Waals surface area contributed by atoms with Crippen molar-refractivity contribution in [1.82, 2.24) is 9.38 Å². The summed E-state index contributed by atoms with van der Waals surface area (Å²) in [4.78, 5) is 4.57. The Morgan fingerprint density at radius 2 is 2.44 bits per heavy atom. The fraction of sp³-hybridized carbons (Fsp3) is 0.417. The first-order chi connectivity index (χ1) is 7.88. The molecular weight excluding hydrogens is 224 g/mol. The van der Waals surface area contributed by atoms with Gasteiger partial charge < -0.3 is 9.14 Å². The minimum Gasteiger partial charge on any atom is -0.372 e.